The molecule has 1 aromatic carbocycles. The van der Waals surface area contributed by atoms with Crippen LogP contribution in [0.5, 0.6) is 0 Å². The van der Waals surface area contributed by atoms with Crippen molar-refractivity contribution in [2.24, 2.45) is 7.05 Å². The van der Waals surface area contributed by atoms with Crippen LogP contribution in [0.25, 0.3) is 22.2 Å². The van der Waals surface area contributed by atoms with Crippen molar-refractivity contribution in [3.8, 4) is 11.3 Å². The van der Waals surface area contributed by atoms with Gasteiger partial charge in [0, 0.05) is 30.1 Å². The molecule has 0 fully saturated rings. The smallest absolute Gasteiger partial charge is 0.215 e. The van der Waals surface area contributed by atoms with Crippen molar-refractivity contribution in [3.05, 3.63) is 59.4 Å². The Kier molecular flexibility index (Phi) is 3.01. The highest BCUT2D eigenvalue weighted by atomic mass is 14.9. The van der Waals surface area contributed by atoms with Crippen molar-refractivity contribution in [1.29, 1.82) is 0 Å². The molecule has 0 N–H and O–H groups in total. The van der Waals surface area contributed by atoms with Gasteiger partial charge in [-0.05, 0) is 44.0 Å². The second kappa shape index (κ2) is 4.71. The number of aromatic nitrogens is 2. The first-order valence-corrected chi connectivity index (χ1v) is 6.89. The Bertz CT molecular complexity index is 804. The minimum Gasteiger partial charge on any atom is -0.264 e. The van der Waals surface area contributed by atoms with E-state index < -0.39 is 0 Å². The van der Waals surface area contributed by atoms with Gasteiger partial charge in [-0.25, -0.2) is 0 Å². The highest BCUT2D eigenvalue weighted by molar-refractivity contribution is 5.77. The quantitative estimate of drug-likeness (QED) is 0.612. The summed E-state index contributed by atoms with van der Waals surface area (Å²) in [7, 11) is 2.12. The number of hydrogen-bond acceptors (Lipinski definition) is 1. The van der Waals surface area contributed by atoms with Crippen LogP contribution < -0.4 is 4.57 Å². The molecular formula is C18H19N2+. The fourth-order valence-electron chi connectivity index (χ4n) is 2.82. The zero-order valence-electron chi connectivity index (χ0n) is 12.4. The van der Waals surface area contributed by atoms with Gasteiger partial charge in [0.2, 0.25) is 11.2 Å². The molecule has 2 heteroatoms. The van der Waals surface area contributed by atoms with Crippen molar-refractivity contribution < 1.29 is 4.57 Å². The van der Waals surface area contributed by atoms with E-state index in [1.807, 2.05) is 12.4 Å². The molecule has 20 heavy (non-hydrogen) atoms. The molecule has 0 atom stereocenters. The van der Waals surface area contributed by atoms with E-state index in [-0.39, 0.29) is 0 Å². The Balaban J connectivity index is 2.33. The summed E-state index contributed by atoms with van der Waals surface area (Å²) in [5.41, 5.74) is 7.75. The van der Waals surface area contributed by atoms with Crippen LogP contribution >= 0.6 is 0 Å². The van der Waals surface area contributed by atoms with Gasteiger partial charge in [-0.2, -0.15) is 4.57 Å². The zero-order chi connectivity index (χ0) is 14.3. The summed E-state index contributed by atoms with van der Waals surface area (Å²) in [5.74, 6) is 0. The van der Waals surface area contributed by atoms with Crippen LogP contribution in [0.4, 0.5) is 0 Å². The van der Waals surface area contributed by atoms with Gasteiger partial charge in [-0.15, -0.1) is 0 Å². The van der Waals surface area contributed by atoms with Crippen molar-refractivity contribution >= 4 is 10.9 Å². The van der Waals surface area contributed by atoms with Gasteiger partial charge in [0.15, 0.2) is 0 Å². The van der Waals surface area contributed by atoms with E-state index in [1.54, 1.807) is 0 Å². The number of pyridine rings is 2. The van der Waals surface area contributed by atoms with Crippen molar-refractivity contribution in [2.45, 2.75) is 20.8 Å². The monoisotopic (exact) mass is 263 g/mol. The van der Waals surface area contributed by atoms with E-state index in [0.717, 1.165) is 0 Å². The topological polar surface area (TPSA) is 16.8 Å². The summed E-state index contributed by atoms with van der Waals surface area (Å²) in [4.78, 5) is 4.19. The lowest BCUT2D eigenvalue weighted by Gasteiger charge is -2.10. The predicted molar refractivity (Wildman–Crippen MR) is 82.6 cm³/mol. The molecule has 0 aliphatic carbocycles. The van der Waals surface area contributed by atoms with Crippen LogP contribution in [-0.2, 0) is 7.05 Å². The molecule has 100 valence electrons. The third-order valence-corrected chi connectivity index (χ3v) is 4.06. The molecule has 2 nitrogen and oxygen atoms in total. The van der Waals surface area contributed by atoms with Gasteiger partial charge < -0.3 is 0 Å². The summed E-state index contributed by atoms with van der Waals surface area (Å²) in [6, 6.07) is 10.9. The zero-order valence-corrected chi connectivity index (χ0v) is 12.4. The molecule has 0 aliphatic heterocycles. The Morgan fingerprint density at radius 1 is 1.00 bits per heavy atom. The lowest BCUT2D eigenvalue weighted by molar-refractivity contribution is -0.633. The SMILES string of the molecule is Cc1cc(C)c(C)c(-c2ccc3cnccc3[n+]2C)c1. The van der Waals surface area contributed by atoms with Crippen LogP contribution in [-0.4, -0.2) is 4.98 Å². The molecule has 2 heterocycles. The van der Waals surface area contributed by atoms with Gasteiger partial charge in [0.25, 0.3) is 0 Å². The number of fused-ring (bicyclic) bond motifs is 1. The normalized spacial score (nSPS) is 11.0. The van der Waals surface area contributed by atoms with Crippen LogP contribution in [0.3, 0.4) is 0 Å². The van der Waals surface area contributed by atoms with Crippen molar-refractivity contribution in [3.63, 3.8) is 0 Å². The number of hydrogen-bond donors (Lipinski definition) is 0. The summed E-state index contributed by atoms with van der Waals surface area (Å²) in [6.07, 6.45) is 3.76. The lowest BCUT2D eigenvalue weighted by atomic mass is 9.97. The molecule has 0 spiro atoms. The largest absolute Gasteiger partial charge is 0.264 e. The number of aryl methyl sites for hydroxylation is 3. The molecule has 0 aliphatic rings. The first kappa shape index (κ1) is 12.8. The predicted octanol–water partition coefficient (Wildman–Crippen LogP) is 3.65. The summed E-state index contributed by atoms with van der Waals surface area (Å²) >= 11 is 0. The molecule has 0 radical (unpaired) electrons. The maximum Gasteiger partial charge on any atom is 0.215 e. The summed E-state index contributed by atoms with van der Waals surface area (Å²) in [6.45, 7) is 6.53. The molecule has 3 aromatic rings. The van der Waals surface area contributed by atoms with E-state index in [1.165, 1.54) is 38.9 Å². The third-order valence-electron chi connectivity index (χ3n) is 4.06. The average Bonchev–Trinajstić information content (AvgIpc) is 2.44. The minimum absolute atomic E-state index is 1.17. The molecule has 0 saturated heterocycles. The van der Waals surface area contributed by atoms with Crippen molar-refractivity contribution in [2.75, 3.05) is 0 Å². The fraction of sp³-hybridized carbons (Fsp3) is 0.222. The average molecular weight is 263 g/mol. The molecule has 0 saturated carbocycles. The Morgan fingerprint density at radius 2 is 1.80 bits per heavy atom. The third kappa shape index (κ3) is 1.97. The van der Waals surface area contributed by atoms with Crippen LogP contribution in [0.1, 0.15) is 16.7 Å². The van der Waals surface area contributed by atoms with Gasteiger partial charge in [0.1, 0.15) is 7.05 Å². The Labute approximate surface area is 119 Å². The summed E-state index contributed by atoms with van der Waals surface area (Å²) < 4.78 is 2.25. The highest BCUT2D eigenvalue weighted by Gasteiger charge is 2.16. The highest BCUT2D eigenvalue weighted by Crippen LogP contribution is 2.26. The molecule has 2 aromatic heterocycles. The Hall–Kier alpha value is -2.22. The minimum atomic E-state index is 1.17. The van der Waals surface area contributed by atoms with E-state index in [0.29, 0.717) is 0 Å². The molecule has 0 amide bonds. The van der Waals surface area contributed by atoms with E-state index in [2.05, 4.69) is 67.7 Å². The maximum atomic E-state index is 4.19. The standard InChI is InChI=1S/C18H19N2/c1-12-9-13(2)14(3)16(10-12)18-6-5-15-11-19-8-7-17(15)20(18)4/h5-11H,1-4H3/q+1. The first-order chi connectivity index (χ1) is 9.58. The number of benzene rings is 1. The fourth-order valence-corrected chi connectivity index (χ4v) is 2.82. The van der Waals surface area contributed by atoms with Crippen LogP contribution in [0, 0.1) is 20.8 Å². The first-order valence-electron chi connectivity index (χ1n) is 6.89. The second-order valence-corrected chi connectivity index (χ2v) is 5.47. The van der Waals surface area contributed by atoms with Gasteiger partial charge in [0.05, 0.1) is 5.39 Å². The van der Waals surface area contributed by atoms with E-state index in [9.17, 15) is 0 Å². The lowest BCUT2D eigenvalue weighted by Crippen LogP contribution is -2.32. The molecule has 0 bridgehead atoms. The second-order valence-electron chi connectivity index (χ2n) is 5.47. The van der Waals surface area contributed by atoms with E-state index >= 15 is 0 Å². The number of nitrogens with zero attached hydrogens (tertiary/aromatic N) is 2. The van der Waals surface area contributed by atoms with Gasteiger partial charge >= 0.3 is 0 Å². The molecule has 0 unspecified atom stereocenters. The molecule has 3 rings (SSSR count). The van der Waals surface area contributed by atoms with Crippen LogP contribution in [0.2, 0.25) is 0 Å². The van der Waals surface area contributed by atoms with E-state index in [4.69, 9.17) is 0 Å². The Morgan fingerprint density at radius 3 is 2.60 bits per heavy atom. The number of rotatable bonds is 1. The van der Waals surface area contributed by atoms with Gasteiger partial charge in [-0.3, -0.25) is 4.98 Å². The summed E-state index contributed by atoms with van der Waals surface area (Å²) in [5, 5.41) is 1.17. The molecular weight excluding hydrogens is 244 g/mol. The van der Waals surface area contributed by atoms with Crippen molar-refractivity contribution in [1.82, 2.24) is 4.98 Å². The maximum absolute atomic E-state index is 4.19. The van der Waals surface area contributed by atoms with Gasteiger partial charge in [-0.1, -0.05) is 11.6 Å². The van der Waals surface area contributed by atoms with Crippen LogP contribution in [0.15, 0.2) is 42.7 Å².